The van der Waals surface area contributed by atoms with Crippen LogP contribution >= 0.6 is 0 Å². The predicted molar refractivity (Wildman–Crippen MR) is 109 cm³/mol. The molecule has 24 heavy (non-hydrogen) atoms. The van der Waals surface area contributed by atoms with Gasteiger partial charge in [-0.25, -0.2) is 0 Å². The molecule has 1 heterocycles. The van der Waals surface area contributed by atoms with Crippen molar-refractivity contribution < 1.29 is 0 Å². The summed E-state index contributed by atoms with van der Waals surface area (Å²) in [5.41, 5.74) is 2.71. The second kappa shape index (κ2) is 9.33. The molecule has 1 aliphatic rings. The van der Waals surface area contributed by atoms with E-state index in [1.165, 1.54) is 67.9 Å². The first kappa shape index (κ1) is 17.6. The molecule has 1 aliphatic heterocycles. The zero-order valence-corrected chi connectivity index (χ0v) is 16.8. The van der Waals surface area contributed by atoms with Crippen molar-refractivity contribution in [2.24, 2.45) is 0 Å². The number of unbranched alkanes of at least 4 members (excludes halogenated alkanes) is 7. The summed E-state index contributed by atoms with van der Waals surface area (Å²) in [7, 11) is 0. The topological polar surface area (TPSA) is 12.0 Å². The van der Waals surface area contributed by atoms with Gasteiger partial charge in [-0.3, -0.25) is 0 Å². The van der Waals surface area contributed by atoms with E-state index in [-0.39, 0.29) is 0 Å². The van der Waals surface area contributed by atoms with Crippen molar-refractivity contribution in [1.82, 2.24) is 0 Å². The Morgan fingerprint density at radius 2 is 1.17 bits per heavy atom. The van der Waals surface area contributed by atoms with E-state index >= 15 is 0 Å². The first-order chi connectivity index (χ1) is 11.9. The Morgan fingerprint density at radius 1 is 0.667 bits per heavy atom. The van der Waals surface area contributed by atoms with Crippen LogP contribution in [0.25, 0.3) is 0 Å². The monoisotopic (exact) mass is 383 g/mol. The van der Waals surface area contributed by atoms with Gasteiger partial charge in [0.15, 0.2) is 0 Å². The number of rotatable bonds is 9. The summed E-state index contributed by atoms with van der Waals surface area (Å²) in [6.07, 6.45) is 11.3. The normalized spacial score (nSPS) is 13.2. The van der Waals surface area contributed by atoms with E-state index in [0.717, 1.165) is 0 Å². The van der Waals surface area contributed by atoms with Gasteiger partial charge in [0, 0.05) is 0 Å². The summed E-state index contributed by atoms with van der Waals surface area (Å²) in [4.78, 5) is 0. The third kappa shape index (κ3) is 4.45. The number of fused-ring (bicyclic) bond motifs is 2. The summed E-state index contributed by atoms with van der Waals surface area (Å²) >= 11 is -1.13. The minimum absolute atomic E-state index is 1.13. The molecule has 0 amide bonds. The molecule has 0 unspecified atom stereocenters. The number of hydrogen-bond donors (Lipinski definition) is 1. The average molecular weight is 383 g/mol. The predicted octanol–water partition coefficient (Wildman–Crippen LogP) is 5.49. The molecule has 0 bridgehead atoms. The van der Waals surface area contributed by atoms with Gasteiger partial charge in [-0.2, -0.15) is 0 Å². The van der Waals surface area contributed by atoms with Gasteiger partial charge < -0.3 is 0 Å². The van der Waals surface area contributed by atoms with Crippen LogP contribution in [-0.4, -0.2) is 14.7 Å². The maximum atomic E-state index is 3.64. The van der Waals surface area contributed by atoms with Gasteiger partial charge in [0.25, 0.3) is 0 Å². The van der Waals surface area contributed by atoms with Gasteiger partial charge in [0.2, 0.25) is 0 Å². The Bertz CT molecular complexity index is 592. The maximum absolute atomic E-state index is 3.64. The molecular formula is C22H30AsN. The average Bonchev–Trinajstić information content (AvgIpc) is 2.63. The Balaban J connectivity index is 1.55. The van der Waals surface area contributed by atoms with E-state index in [9.17, 15) is 0 Å². The third-order valence-electron chi connectivity index (χ3n) is 4.89. The van der Waals surface area contributed by atoms with Gasteiger partial charge >= 0.3 is 152 Å². The van der Waals surface area contributed by atoms with Crippen LogP contribution in [0.4, 0.5) is 11.4 Å². The summed E-state index contributed by atoms with van der Waals surface area (Å²) in [5, 5.41) is 5.05. The molecule has 0 spiro atoms. The van der Waals surface area contributed by atoms with Gasteiger partial charge in [0.1, 0.15) is 0 Å². The molecule has 1 N–H and O–H groups in total. The number of anilines is 2. The number of benzene rings is 2. The summed E-state index contributed by atoms with van der Waals surface area (Å²) in [6.45, 7) is 2.29. The van der Waals surface area contributed by atoms with Gasteiger partial charge in [-0.15, -0.1) is 0 Å². The summed E-state index contributed by atoms with van der Waals surface area (Å²) < 4.78 is 3.23. The van der Waals surface area contributed by atoms with E-state index < -0.39 is 14.7 Å². The summed E-state index contributed by atoms with van der Waals surface area (Å²) in [5.74, 6) is 0. The molecule has 0 saturated heterocycles. The van der Waals surface area contributed by atoms with E-state index in [1.807, 2.05) is 0 Å². The molecular weight excluding hydrogens is 353 g/mol. The van der Waals surface area contributed by atoms with Crippen LogP contribution in [0.5, 0.6) is 0 Å². The van der Waals surface area contributed by atoms with Gasteiger partial charge in [-0.1, -0.05) is 0 Å². The zero-order chi connectivity index (χ0) is 16.6. The van der Waals surface area contributed by atoms with Gasteiger partial charge in [0.05, 0.1) is 0 Å². The number of para-hydroxylation sites is 2. The van der Waals surface area contributed by atoms with Crippen molar-refractivity contribution in [3.05, 3.63) is 48.5 Å². The zero-order valence-electron chi connectivity index (χ0n) is 14.9. The third-order valence-corrected chi connectivity index (χ3v) is 10.6. The van der Waals surface area contributed by atoms with Crippen molar-refractivity contribution in [2.45, 2.75) is 63.5 Å². The van der Waals surface area contributed by atoms with Gasteiger partial charge in [-0.05, 0) is 0 Å². The van der Waals surface area contributed by atoms with Crippen LogP contribution in [0.15, 0.2) is 48.5 Å². The molecule has 1 nitrogen and oxygen atoms in total. The van der Waals surface area contributed by atoms with Crippen LogP contribution in [0.2, 0.25) is 5.21 Å². The first-order valence-electron chi connectivity index (χ1n) is 9.63. The van der Waals surface area contributed by atoms with Crippen LogP contribution < -0.4 is 14.0 Å². The second-order valence-corrected chi connectivity index (χ2v) is 11.5. The fourth-order valence-electron chi connectivity index (χ4n) is 3.55. The Labute approximate surface area is 152 Å². The molecule has 128 valence electrons. The van der Waals surface area contributed by atoms with Crippen molar-refractivity contribution in [2.75, 3.05) is 5.32 Å². The molecule has 0 aliphatic carbocycles. The SMILES string of the molecule is CCCCCCCCCC[As]1c2ccccc2Nc2ccccc21. The molecule has 2 heteroatoms. The molecule has 0 atom stereocenters. The number of nitrogens with one attached hydrogen (secondary N) is 1. The minimum atomic E-state index is -1.13. The van der Waals surface area contributed by atoms with Crippen LogP contribution in [0.3, 0.4) is 0 Å². The second-order valence-electron chi connectivity index (χ2n) is 6.79. The molecule has 0 aromatic heterocycles. The molecule has 0 radical (unpaired) electrons. The van der Waals surface area contributed by atoms with Crippen LogP contribution in [0.1, 0.15) is 58.3 Å². The van der Waals surface area contributed by atoms with E-state index in [4.69, 9.17) is 0 Å². The first-order valence-corrected chi connectivity index (χ1v) is 12.8. The van der Waals surface area contributed by atoms with Crippen molar-refractivity contribution in [3.63, 3.8) is 0 Å². The number of hydrogen-bond acceptors (Lipinski definition) is 1. The molecule has 0 saturated carbocycles. The summed E-state index contributed by atoms with van der Waals surface area (Å²) in [6, 6.07) is 18.0. The fourth-order valence-corrected chi connectivity index (χ4v) is 9.12. The fraction of sp³-hybridized carbons (Fsp3) is 0.455. The molecule has 2 aromatic rings. The van der Waals surface area contributed by atoms with E-state index in [2.05, 4.69) is 60.8 Å². The molecule has 3 rings (SSSR count). The van der Waals surface area contributed by atoms with Crippen LogP contribution in [0, 0.1) is 0 Å². The van der Waals surface area contributed by atoms with E-state index in [0.29, 0.717) is 0 Å². The quantitative estimate of drug-likeness (QED) is 0.446. The molecule has 0 fully saturated rings. The molecule has 2 aromatic carbocycles. The van der Waals surface area contributed by atoms with Crippen molar-refractivity contribution in [3.8, 4) is 0 Å². The Kier molecular flexibility index (Phi) is 6.84. The van der Waals surface area contributed by atoms with Crippen molar-refractivity contribution >= 4 is 34.7 Å². The Hall–Kier alpha value is -1.20. The van der Waals surface area contributed by atoms with Crippen molar-refractivity contribution in [1.29, 1.82) is 0 Å². The van der Waals surface area contributed by atoms with E-state index in [1.54, 1.807) is 8.70 Å². The Morgan fingerprint density at radius 3 is 1.75 bits per heavy atom. The van der Waals surface area contributed by atoms with Crippen LogP contribution in [-0.2, 0) is 0 Å². The standard InChI is InChI=1S/C22H30AsN/c1-2-3-4-5-6-7-8-13-18-23-19-14-9-11-16-21(19)24-22-17-12-10-15-20(22)23/h9-12,14-17,24H,2-8,13,18H2,1H3.